The van der Waals surface area contributed by atoms with Crippen LogP contribution in [0.1, 0.15) is 40.7 Å². The van der Waals surface area contributed by atoms with Gasteiger partial charge in [0.2, 0.25) is 0 Å². The summed E-state index contributed by atoms with van der Waals surface area (Å²) in [7, 11) is 0. The van der Waals surface area contributed by atoms with Crippen LogP contribution in [0.4, 0.5) is 5.82 Å². The first-order valence-electron chi connectivity index (χ1n) is 10.9. The highest BCUT2D eigenvalue weighted by atomic mass is 32.1. The molecule has 0 amide bonds. The third-order valence-corrected chi connectivity index (χ3v) is 8.14. The molecular formula is C24H23N7S. The minimum atomic E-state index is 0.0496. The van der Waals surface area contributed by atoms with E-state index in [0.29, 0.717) is 4.88 Å². The topological polar surface area (TPSA) is 96.1 Å². The van der Waals surface area contributed by atoms with Crippen LogP contribution < -0.4 is 10.6 Å². The predicted molar refractivity (Wildman–Crippen MR) is 125 cm³/mol. The predicted octanol–water partition coefficient (Wildman–Crippen LogP) is 3.88. The van der Waals surface area contributed by atoms with Crippen molar-refractivity contribution in [2.75, 3.05) is 18.0 Å². The SMILES string of the molecule is Cc1nc(N2CCC3(CC2)Cc2ncccc2[C@H]3N)c2ccnn2c1-c1ccc(C#N)s1. The number of nitrogens with two attached hydrogens (primary N) is 1. The van der Waals surface area contributed by atoms with E-state index in [-0.39, 0.29) is 11.5 Å². The molecule has 1 fully saturated rings. The number of pyridine rings is 1. The summed E-state index contributed by atoms with van der Waals surface area (Å²) in [5.74, 6) is 0.970. The zero-order chi connectivity index (χ0) is 21.9. The van der Waals surface area contributed by atoms with E-state index in [1.807, 2.05) is 48.1 Å². The van der Waals surface area contributed by atoms with Gasteiger partial charge in [-0.05, 0) is 61.4 Å². The minimum absolute atomic E-state index is 0.0496. The Kier molecular flexibility index (Phi) is 4.32. The molecule has 1 aliphatic carbocycles. The quantitative estimate of drug-likeness (QED) is 0.507. The highest BCUT2D eigenvalue weighted by molar-refractivity contribution is 7.16. The second-order valence-electron chi connectivity index (χ2n) is 8.82. The fourth-order valence-corrected chi connectivity index (χ4v) is 6.31. The summed E-state index contributed by atoms with van der Waals surface area (Å²) in [6, 6.07) is 12.2. The molecule has 0 radical (unpaired) electrons. The molecule has 160 valence electrons. The molecule has 7 nitrogen and oxygen atoms in total. The lowest BCUT2D eigenvalue weighted by Crippen LogP contribution is -2.44. The molecule has 1 atom stereocenters. The zero-order valence-corrected chi connectivity index (χ0v) is 18.6. The first-order chi connectivity index (χ1) is 15.6. The molecule has 8 heteroatoms. The van der Waals surface area contributed by atoms with Crippen molar-refractivity contribution in [1.29, 1.82) is 5.26 Å². The van der Waals surface area contributed by atoms with Gasteiger partial charge in [-0.15, -0.1) is 11.3 Å². The monoisotopic (exact) mass is 441 g/mol. The summed E-state index contributed by atoms with van der Waals surface area (Å²) >= 11 is 1.47. The van der Waals surface area contributed by atoms with Crippen molar-refractivity contribution in [1.82, 2.24) is 19.6 Å². The number of rotatable bonds is 2. The number of nitrogens with zero attached hydrogens (tertiary/aromatic N) is 6. The largest absolute Gasteiger partial charge is 0.355 e. The molecule has 5 heterocycles. The fourth-order valence-electron chi connectivity index (χ4n) is 5.42. The lowest BCUT2D eigenvalue weighted by atomic mass is 9.73. The van der Waals surface area contributed by atoms with E-state index in [2.05, 4.69) is 27.1 Å². The molecule has 0 saturated carbocycles. The van der Waals surface area contributed by atoms with Gasteiger partial charge in [0, 0.05) is 31.0 Å². The Hall–Kier alpha value is -3.28. The molecule has 1 spiro atoms. The number of fused-ring (bicyclic) bond motifs is 2. The molecule has 1 saturated heterocycles. The van der Waals surface area contributed by atoms with Crippen molar-refractivity contribution in [2.45, 2.75) is 32.2 Å². The Morgan fingerprint density at radius 3 is 2.78 bits per heavy atom. The van der Waals surface area contributed by atoms with Crippen LogP contribution in [-0.4, -0.2) is 32.7 Å². The summed E-state index contributed by atoms with van der Waals surface area (Å²) in [6.07, 6.45) is 6.69. The number of aromatic nitrogens is 4. The standard InChI is InChI=1S/C24H23N7S/c1-15-21(20-5-4-16(14-25)32-20)31-19(6-10-28-31)23(29-15)30-11-7-24(8-12-30)13-18-17(22(24)26)3-2-9-27-18/h2-6,9-10,22H,7-8,11-13,26H2,1H3/t22-/m1/s1. The van der Waals surface area contributed by atoms with Gasteiger partial charge >= 0.3 is 0 Å². The molecule has 0 bridgehead atoms. The van der Waals surface area contributed by atoms with E-state index in [1.165, 1.54) is 16.9 Å². The van der Waals surface area contributed by atoms with Crippen molar-refractivity contribution < 1.29 is 0 Å². The molecule has 4 aromatic rings. The number of thiophene rings is 1. The van der Waals surface area contributed by atoms with Crippen LogP contribution in [0, 0.1) is 23.7 Å². The molecule has 6 rings (SSSR count). The molecule has 32 heavy (non-hydrogen) atoms. The number of aryl methyl sites for hydroxylation is 1. The Bertz CT molecular complexity index is 1370. The van der Waals surface area contributed by atoms with Gasteiger partial charge in [0.15, 0.2) is 5.82 Å². The van der Waals surface area contributed by atoms with Gasteiger partial charge in [-0.3, -0.25) is 4.98 Å². The minimum Gasteiger partial charge on any atom is -0.355 e. The first kappa shape index (κ1) is 19.4. The second kappa shape index (κ2) is 7.12. The number of hydrogen-bond donors (Lipinski definition) is 1. The summed E-state index contributed by atoms with van der Waals surface area (Å²) in [5, 5.41) is 13.8. The smallest absolute Gasteiger partial charge is 0.155 e. The van der Waals surface area contributed by atoms with Crippen molar-refractivity contribution in [2.24, 2.45) is 11.1 Å². The maximum Gasteiger partial charge on any atom is 0.155 e. The maximum absolute atomic E-state index is 9.22. The molecular weight excluding hydrogens is 418 g/mol. The first-order valence-corrected chi connectivity index (χ1v) is 11.7. The Balaban J connectivity index is 1.32. The van der Waals surface area contributed by atoms with Crippen LogP contribution in [-0.2, 0) is 6.42 Å². The molecule has 2 N–H and O–H groups in total. The van der Waals surface area contributed by atoms with Crippen molar-refractivity contribution in [3.05, 3.63) is 64.6 Å². The molecule has 0 unspecified atom stereocenters. The molecule has 4 aromatic heterocycles. The fraction of sp³-hybridized carbons (Fsp3) is 0.333. The molecule has 0 aromatic carbocycles. The molecule has 2 aliphatic rings. The van der Waals surface area contributed by atoms with Crippen molar-refractivity contribution >= 4 is 22.7 Å². The average molecular weight is 442 g/mol. The van der Waals surface area contributed by atoms with Crippen LogP contribution >= 0.6 is 11.3 Å². The lowest BCUT2D eigenvalue weighted by molar-refractivity contribution is 0.187. The summed E-state index contributed by atoms with van der Waals surface area (Å²) < 4.78 is 1.97. The number of nitriles is 1. The van der Waals surface area contributed by atoms with E-state index in [0.717, 1.165) is 65.6 Å². The van der Waals surface area contributed by atoms with E-state index in [4.69, 9.17) is 10.7 Å². The van der Waals surface area contributed by atoms with E-state index >= 15 is 0 Å². The number of anilines is 1. The summed E-state index contributed by atoms with van der Waals surface area (Å²) in [4.78, 5) is 13.7. The molecule has 1 aliphatic heterocycles. The Labute approximate surface area is 190 Å². The van der Waals surface area contributed by atoms with Gasteiger partial charge in [-0.2, -0.15) is 10.4 Å². The number of piperidine rings is 1. The van der Waals surface area contributed by atoms with Crippen LogP contribution in [0.15, 0.2) is 42.7 Å². The van der Waals surface area contributed by atoms with Gasteiger partial charge in [-0.25, -0.2) is 9.50 Å². The highest BCUT2D eigenvalue weighted by Gasteiger charge is 2.46. The van der Waals surface area contributed by atoms with Crippen molar-refractivity contribution in [3.8, 4) is 16.6 Å². The van der Waals surface area contributed by atoms with E-state index in [9.17, 15) is 5.26 Å². The van der Waals surface area contributed by atoms with Gasteiger partial charge < -0.3 is 10.6 Å². The normalized spacial score (nSPS) is 19.4. The van der Waals surface area contributed by atoms with Crippen molar-refractivity contribution in [3.63, 3.8) is 0 Å². The second-order valence-corrected chi connectivity index (χ2v) is 9.90. The maximum atomic E-state index is 9.22. The lowest BCUT2D eigenvalue weighted by Gasteiger charge is -2.42. The van der Waals surface area contributed by atoms with E-state index < -0.39 is 0 Å². The average Bonchev–Trinajstić information content (AvgIpc) is 3.54. The Morgan fingerprint density at radius 1 is 1.19 bits per heavy atom. The van der Waals surface area contributed by atoms with Gasteiger partial charge in [0.05, 0.1) is 16.8 Å². The van der Waals surface area contributed by atoms with Crippen LogP contribution in [0.2, 0.25) is 0 Å². The highest BCUT2D eigenvalue weighted by Crippen LogP contribution is 2.50. The number of hydrogen-bond acceptors (Lipinski definition) is 7. The van der Waals surface area contributed by atoms with Crippen LogP contribution in [0.25, 0.3) is 16.1 Å². The summed E-state index contributed by atoms with van der Waals surface area (Å²) in [5.41, 5.74) is 12.1. The summed E-state index contributed by atoms with van der Waals surface area (Å²) in [6.45, 7) is 3.84. The Morgan fingerprint density at radius 2 is 2.03 bits per heavy atom. The van der Waals surface area contributed by atoms with Gasteiger partial charge in [0.1, 0.15) is 22.2 Å². The van der Waals surface area contributed by atoms with Gasteiger partial charge in [-0.1, -0.05) is 6.07 Å². The van der Waals surface area contributed by atoms with Gasteiger partial charge in [0.25, 0.3) is 0 Å². The third kappa shape index (κ3) is 2.78. The third-order valence-electron chi connectivity index (χ3n) is 7.15. The van der Waals surface area contributed by atoms with E-state index in [1.54, 1.807) is 0 Å². The van der Waals surface area contributed by atoms with Crippen LogP contribution in [0.3, 0.4) is 0 Å². The van der Waals surface area contributed by atoms with Crippen LogP contribution in [0.5, 0.6) is 0 Å². The zero-order valence-electron chi connectivity index (χ0n) is 17.8.